The van der Waals surface area contributed by atoms with Gasteiger partial charge in [0, 0.05) is 31.0 Å². The molecule has 39 heavy (non-hydrogen) atoms. The monoisotopic (exact) mass is 554 g/mol. The number of aryl methyl sites for hydroxylation is 2. The Balaban J connectivity index is 1.28. The zero-order chi connectivity index (χ0) is 27.3. The van der Waals surface area contributed by atoms with E-state index in [0.717, 1.165) is 63.2 Å². The third kappa shape index (κ3) is 4.87. The number of alkyl halides is 3. The fraction of sp³-hybridized carbons (Fsp3) is 0.393. The zero-order valence-corrected chi connectivity index (χ0v) is 22.6. The van der Waals surface area contributed by atoms with Crippen molar-refractivity contribution < 1.29 is 17.7 Å². The molecule has 2 unspecified atom stereocenters. The van der Waals surface area contributed by atoms with Crippen molar-refractivity contribution in [1.82, 2.24) is 23.9 Å². The summed E-state index contributed by atoms with van der Waals surface area (Å²) in [7, 11) is 0. The fourth-order valence-corrected chi connectivity index (χ4v) is 7.05. The Morgan fingerprint density at radius 2 is 1.92 bits per heavy atom. The van der Waals surface area contributed by atoms with E-state index in [9.17, 15) is 17.7 Å². The Bertz CT molecular complexity index is 1520. The number of pyridine rings is 2. The zero-order valence-electron chi connectivity index (χ0n) is 21.8. The molecule has 2 aliphatic heterocycles. The molecule has 0 radical (unpaired) electrons. The van der Waals surface area contributed by atoms with Gasteiger partial charge < -0.3 is 9.45 Å². The molecule has 7 nitrogen and oxygen atoms in total. The van der Waals surface area contributed by atoms with E-state index in [1.165, 1.54) is 6.20 Å². The van der Waals surface area contributed by atoms with Gasteiger partial charge in [0.25, 0.3) is 0 Å². The van der Waals surface area contributed by atoms with Crippen LogP contribution in [0.25, 0.3) is 5.65 Å². The highest BCUT2D eigenvalue weighted by Crippen LogP contribution is 2.36. The Kier molecular flexibility index (Phi) is 6.76. The maximum Gasteiger partial charge on any atom is 0.452 e. The van der Waals surface area contributed by atoms with Gasteiger partial charge in [-0.05, 0) is 79.5 Å². The van der Waals surface area contributed by atoms with Crippen LogP contribution in [0, 0.1) is 13.8 Å². The van der Waals surface area contributed by atoms with Crippen molar-refractivity contribution in [2.45, 2.75) is 63.2 Å². The predicted molar refractivity (Wildman–Crippen MR) is 143 cm³/mol. The van der Waals surface area contributed by atoms with E-state index in [-0.39, 0.29) is 11.7 Å². The molecule has 1 fully saturated rings. The summed E-state index contributed by atoms with van der Waals surface area (Å²) in [6.07, 6.45) is 2.43. The SMILES string of the molecule is Cc1ccc(Cc2ccn3c(C(F)(F)F)nnc3c2C)cc1CN1CC2CCCCN2c2ncccc2[S+]1[O-]. The maximum atomic E-state index is 13.8. The van der Waals surface area contributed by atoms with Crippen LogP contribution in [0.5, 0.6) is 0 Å². The van der Waals surface area contributed by atoms with Crippen LogP contribution in [0.1, 0.15) is 52.9 Å². The second-order valence-electron chi connectivity index (χ2n) is 10.4. The minimum atomic E-state index is -4.57. The van der Waals surface area contributed by atoms with E-state index < -0.39 is 23.4 Å². The van der Waals surface area contributed by atoms with Gasteiger partial charge in [0.2, 0.25) is 10.7 Å². The molecule has 6 rings (SSSR count). The summed E-state index contributed by atoms with van der Waals surface area (Å²) in [6.45, 7) is 5.97. The first kappa shape index (κ1) is 26.1. The molecule has 1 aromatic carbocycles. The highest BCUT2D eigenvalue weighted by atomic mass is 32.2. The van der Waals surface area contributed by atoms with Gasteiger partial charge in [-0.2, -0.15) is 13.2 Å². The number of benzene rings is 1. The van der Waals surface area contributed by atoms with Crippen molar-refractivity contribution in [3.8, 4) is 0 Å². The average Bonchev–Trinajstić information content (AvgIpc) is 3.33. The molecular formula is C28H29F3N6OS. The second kappa shape index (κ2) is 10.1. The molecule has 0 aliphatic carbocycles. The molecule has 0 saturated carbocycles. The van der Waals surface area contributed by atoms with Gasteiger partial charge in [-0.25, -0.2) is 4.98 Å². The number of aromatic nitrogens is 4. The van der Waals surface area contributed by atoms with Crippen molar-refractivity contribution in [2.24, 2.45) is 0 Å². The standard InChI is InChI=1S/C28H29F3N6OS/c1-18-8-9-20(14-21-10-13-37-25(19(21)2)33-34-27(37)28(29,30)31)15-22(18)16-35-17-23-6-3-4-12-36(23)26-24(39(35)38)7-5-11-32-26/h5,7-11,13,15,23H,3-4,6,12,14,16-17H2,1-2H3. The molecule has 5 heterocycles. The smallest absolute Gasteiger partial charge is 0.452 e. The molecular weight excluding hydrogens is 525 g/mol. The van der Waals surface area contributed by atoms with E-state index in [2.05, 4.69) is 43.4 Å². The minimum Gasteiger partial charge on any atom is -0.593 e. The lowest BCUT2D eigenvalue weighted by Gasteiger charge is -2.35. The number of piperidine rings is 1. The molecule has 0 amide bonds. The van der Waals surface area contributed by atoms with Crippen molar-refractivity contribution in [2.75, 3.05) is 18.0 Å². The van der Waals surface area contributed by atoms with Crippen LogP contribution in [0.2, 0.25) is 0 Å². The molecule has 204 valence electrons. The summed E-state index contributed by atoms with van der Waals surface area (Å²) in [5, 5.41) is 7.18. The van der Waals surface area contributed by atoms with Gasteiger partial charge in [0.15, 0.2) is 11.5 Å². The summed E-state index contributed by atoms with van der Waals surface area (Å²) in [4.78, 5) is 7.69. The van der Waals surface area contributed by atoms with Gasteiger partial charge >= 0.3 is 6.18 Å². The first-order chi connectivity index (χ1) is 18.7. The largest absolute Gasteiger partial charge is 0.593 e. The Morgan fingerprint density at radius 3 is 2.74 bits per heavy atom. The average molecular weight is 555 g/mol. The van der Waals surface area contributed by atoms with Crippen molar-refractivity contribution in [3.63, 3.8) is 0 Å². The number of anilines is 1. The van der Waals surface area contributed by atoms with Crippen LogP contribution in [0.4, 0.5) is 19.0 Å². The Hall–Kier alpha value is -3.15. The van der Waals surface area contributed by atoms with Crippen LogP contribution in [-0.2, 0) is 30.5 Å². The molecule has 2 atom stereocenters. The summed E-state index contributed by atoms with van der Waals surface area (Å²) >= 11 is -1.35. The first-order valence-corrected chi connectivity index (χ1v) is 14.2. The topological polar surface area (TPSA) is 72.6 Å². The summed E-state index contributed by atoms with van der Waals surface area (Å²) in [5.41, 5.74) is 4.96. The quantitative estimate of drug-likeness (QED) is 0.321. The molecule has 1 saturated heterocycles. The number of rotatable bonds is 4. The Morgan fingerprint density at radius 1 is 1.08 bits per heavy atom. The molecule has 0 spiro atoms. The van der Waals surface area contributed by atoms with Crippen molar-refractivity contribution in [3.05, 3.63) is 82.4 Å². The van der Waals surface area contributed by atoms with Crippen LogP contribution < -0.4 is 4.90 Å². The minimum absolute atomic E-state index is 0.205. The predicted octanol–water partition coefficient (Wildman–Crippen LogP) is 5.25. The van der Waals surface area contributed by atoms with Crippen LogP contribution in [0.15, 0.2) is 53.7 Å². The van der Waals surface area contributed by atoms with Gasteiger partial charge in [-0.3, -0.25) is 4.40 Å². The normalized spacial score (nSPS) is 20.1. The number of halogens is 3. The van der Waals surface area contributed by atoms with E-state index in [0.29, 0.717) is 25.1 Å². The van der Waals surface area contributed by atoms with Crippen LogP contribution in [0.3, 0.4) is 0 Å². The molecule has 2 aliphatic rings. The van der Waals surface area contributed by atoms with E-state index in [1.807, 2.05) is 18.2 Å². The number of hydrogen-bond acceptors (Lipinski definition) is 6. The lowest BCUT2D eigenvalue weighted by Crippen LogP contribution is -2.45. The van der Waals surface area contributed by atoms with Gasteiger partial charge in [-0.1, -0.05) is 18.2 Å². The Labute approximate surface area is 228 Å². The van der Waals surface area contributed by atoms with E-state index in [1.54, 1.807) is 19.2 Å². The molecule has 0 N–H and O–H groups in total. The number of hydrogen-bond donors (Lipinski definition) is 0. The maximum absolute atomic E-state index is 13.8. The summed E-state index contributed by atoms with van der Waals surface area (Å²) in [5.74, 6) is -0.190. The van der Waals surface area contributed by atoms with Gasteiger partial charge in [-0.15, -0.1) is 14.5 Å². The van der Waals surface area contributed by atoms with Crippen LogP contribution >= 0.6 is 0 Å². The fourth-order valence-electron chi connectivity index (χ4n) is 5.69. The van der Waals surface area contributed by atoms with E-state index >= 15 is 0 Å². The third-order valence-corrected chi connectivity index (χ3v) is 9.28. The molecule has 11 heteroatoms. The molecule has 4 aromatic rings. The lowest BCUT2D eigenvalue weighted by molar-refractivity contribution is -0.145. The molecule has 0 bridgehead atoms. The van der Waals surface area contributed by atoms with Gasteiger partial charge in [0.05, 0.1) is 24.5 Å². The highest BCUT2D eigenvalue weighted by molar-refractivity contribution is 7.89. The second-order valence-corrected chi connectivity index (χ2v) is 11.8. The van der Waals surface area contributed by atoms with Crippen LogP contribution in [-0.4, -0.2) is 47.6 Å². The first-order valence-electron chi connectivity index (χ1n) is 13.1. The van der Waals surface area contributed by atoms with Crippen molar-refractivity contribution >= 4 is 22.8 Å². The third-order valence-electron chi connectivity index (χ3n) is 7.83. The van der Waals surface area contributed by atoms with E-state index in [4.69, 9.17) is 0 Å². The number of nitrogens with zero attached hydrogens (tertiary/aromatic N) is 6. The summed E-state index contributed by atoms with van der Waals surface area (Å²) < 4.78 is 56.7. The summed E-state index contributed by atoms with van der Waals surface area (Å²) in [6, 6.07) is 11.9. The van der Waals surface area contributed by atoms with Crippen molar-refractivity contribution in [1.29, 1.82) is 0 Å². The molecule has 3 aromatic heterocycles. The highest BCUT2D eigenvalue weighted by Gasteiger charge is 2.39. The lowest BCUT2D eigenvalue weighted by atomic mass is 9.97. The van der Waals surface area contributed by atoms with Gasteiger partial charge in [0.1, 0.15) is 0 Å². The number of fused-ring (bicyclic) bond motifs is 4.